The lowest BCUT2D eigenvalue weighted by Crippen LogP contribution is -2.48. The van der Waals surface area contributed by atoms with Crippen molar-refractivity contribution in [2.75, 3.05) is 31.1 Å². The highest BCUT2D eigenvalue weighted by atomic mass is 32.1. The van der Waals surface area contributed by atoms with Crippen LogP contribution in [0.5, 0.6) is 0 Å². The van der Waals surface area contributed by atoms with Gasteiger partial charge in [-0.2, -0.15) is 0 Å². The van der Waals surface area contributed by atoms with Crippen molar-refractivity contribution < 1.29 is 4.79 Å². The molecule has 0 spiro atoms. The van der Waals surface area contributed by atoms with Gasteiger partial charge in [0.25, 0.3) is 5.91 Å². The number of amides is 1. The lowest BCUT2D eigenvalue weighted by Gasteiger charge is -2.35. The van der Waals surface area contributed by atoms with Gasteiger partial charge in [-0.3, -0.25) is 4.79 Å². The molecule has 2 aromatic heterocycles. The summed E-state index contributed by atoms with van der Waals surface area (Å²) in [4.78, 5) is 26.2. The van der Waals surface area contributed by atoms with Crippen LogP contribution in [0.2, 0.25) is 0 Å². The quantitative estimate of drug-likeness (QED) is 0.728. The van der Waals surface area contributed by atoms with Crippen LogP contribution in [0.1, 0.15) is 9.67 Å². The Bertz CT molecular complexity index is 843. The zero-order valence-electron chi connectivity index (χ0n) is 13.7. The topological polar surface area (TPSA) is 49.3 Å². The van der Waals surface area contributed by atoms with E-state index in [0.29, 0.717) is 13.1 Å². The number of carbonyl (C=O) groups is 1. The fraction of sp³-hybridized carbons (Fsp3) is 0.211. The average molecular weight is 350 g/mol. The minimum atomic E-state index is 0.127. The third-order valence-electron chi connectivity index (χ3n) is 4.35. The van der Waals surface area contributed by atoms with E-state index in [1.807, 2.05) is 58.8 Å². The van der Waals surface area contributed by atoms with E-state index < -0.39 is 0 Å². The SMILES string of the molecule is O=C(c1cccs1)N1CCN(c2cc(-c3ccccc3)ncn2)CC1. The van der Waals surface area contributed by atoms with Gasteiger partial charge in [0.2, 0.25) is 0 Å². The van der Waals surface area contributed by atoms with E-state index in [4.69, 9.17) is 0 Å². The lowest BCUT2D eigenvalue weighted by molar-refractivity contribution is 0.0751. The van der Waals surface area contributed by atoms with E-state index in [9.17, 15) is 4.79 Å². The van der Waals surface area contributed by atoms with Gasteiger partial charge in [0, 0.05) is 37.8 Å². The van der Waals surface area contributed by atoms with Gasteiger partial charge in [-0.15, -0.1) is 11.3 Å². The van der Waals surface area contributed by atoms with Crippen molar-refractivity contribution in [1.29, 1.82) is 0 Å². The molecule has 0 N–H and O–H groups in total. The number of carbonyl (C=O) groups excluding carboxylic acids is 1. The van der Waals surface area contributed by atoms with Crippen molar-refractivity contribution in [3.8, 4) is 11.3 Å². The van der Waals surface area contributed by atoms with Gasteiger partial charge in [0.15, 0.2) is 0 Å². The highest BCUT2D eigenvalue weighted by Crippen LogP contribution is 2.22. The molecule has 5 nitrogen and oxygen atoms in total. The van der Waals surface area contributed by atoms with E-state index in [1.165, 1.54) is 11.3 Å². The zero-order valence-corrected chi connectivity index (χ0v) is 14.5. The molecule has 0 radical (unpaired) electrons. The monoisotopic (exact) mass is 350 g/mol. The van der Waals surface area contributed by atoms with Crippen molar-refractivity contribution in [1.82, 2.24) is 14.9 Å². The minimum Gasteiger partial charge on any atom is -0.353 e. The molecule has 6 heteroatoms. The molecule has 3 aromatic rings. The van der Waals surface area contributed by atoms with Crippen LogP contribution in [0.25, 0.3) is 11.3 Å². The molecule has 1 aliphatic heterocycles. The number of benzene rings is 1. The Labute approximate surface area is 150 Å². The smallest absolute Gasteiger partial charge is 0.264 e. The highest BCUT2D eigenvalue weighted by Gasteiger charge is 2.23. The summed E-state index contributed by atoms with van der Waals surface area (Å²) in [5.41, 5.74) is 2.00. The molecule has 25 heavy (non-hydrogen) atoms. The van der Waals surface area contributed by atoms with Crippen molar-refractivity contribution in [2.24, 2.45) is 0 Å². The van der Waals surface area contributed by atoms with Gasteiger partial charge in [0.05, 0.1) is 10.6 Å². The number of nitrogens with zero attached hydrogens (tertiary/aromatic N) is 4. The second-order valence-corrected chi connectivity index (χ2v) is 6.83. The number of rotatable bonds is 3. The minimum absolute atomic E-state index is 0.127. The molecular formula is C19H18N4OS. The fourth-order valence-corrected chi connectivity index (χ4v) is 3.67. The first-order valence-electron chi connectivity index (χ1n) is 8.26. The number of hydrogen-bond donors (Lipinski definition) is 0. The summed E-state index contributed by atoms with van der Waals surface area (Å²) in [6.45, 7) is 2.98. The first-order valence-corrected chi connectivity index (χ1v) is 9.14. The Morgan fingerprint density at radius 3 is 2.48 bits per heavy atom. The van der Waals surface area contributed by atoms with Crippen LogP contribution >= 0.6 is 11.3 Å². The van der Waals surface area contributed by atoms with Crippen molar-refractivity contribution in [3.63, 3.8) is 0 Å². The predicted octanol–water partition coefficient (Wildman–Crippen LogP) is 3.17. The Kier molecular flexibility index (Phi) is 4.43. The Hall–Kier alpha value is -2.73. The molecule has 0 unspecified atom stereocenters. The van der Waals surface area contributed by atoms with Crippen LogP contribution in [0.3, 0.4) is 0 Å². The second kappa shape index (κ2) is 7.03. The van der Waals surface area contributed by atoms with Crippen molar-refractivity contribution >= 4 is 23.1 Å². The van der Waals surface area contributed by atoms with Crippen LogP contribution in [0, 0.1) is 0 Å². The summed E-state index contributed by atoms with van der Waals surface area (Å²) in [5.74, 6) is 1.04. The third-order valence-corrected chi connectivity index (χ3v) is 5.20. The summed E-state index contributed by atoms with van der Waals surface area (Å²) >= 11 is 1.50. The highest BCUT2D eigenvalue weighted by molar-refractivity contribution is 7.12. The first kappa shape index (κ1) is 15.8. The van der Waals surface area contributed by atoms with Crippen LogP contribution in [-0.4, -0.2) is 47.0 Å². The summed E-state index contributed by atoms with van der Waals surface area (Å²) in [6.07, 6.45) is 1.61. The van der Waals surface area contributed by atoms with Crippen molar-refractivity contribution in [2.45, 2.75) is 0 Å². The maximum Gasteiger partial charge on any atom is 0.264 e. The molecule has 1 saturated heterocycles. The molecule has 1 aromatic carbocycles. The van der Waals surface area contributed by atoms with Gasteiger partial charge in [-0.1, -0.05) is 36.4 Å². The van der Waals surface area contributed by atoms with E-state index in [0.717, 1.165) is 35.0 Å². The number of anilines is 1. The number of piperazine rings is 1. The Balaban J connectivity index is 1.45. The predicted molar refractivity (Wildman–Crippen MR) is 99.9 cm³/mol. The summed E-state index contributed by atoms with van der Waals surface area (Å²) in [7, 11) is 0. The molecule has 0 saturated carbocycles. The largest absolute Gasteiger partial charge is 0.353 e. The zero-order chi connectivity index (χ0) is 17.1. The molecule has 0 aliphatic carbocycles. The van der Waals surface area contributed by atoms with Gasteiger partial charge in [0.1, 0.15) is 12.1 Å². The van der Waals surface area contributed by atoms with Gasteiger partial charge in [-0.25, -0.2) is 9.97 Å². The molecule has 1 amide bonds. The fourth-order valence-electron chi connectivity index (χ4n) is 2.98. The number of hydrogen-bond acceptors (Lipinski definition) is 5. The molecule has 126 valence electrons. The lowest BCUT2D eigenvalue weighted by atomic mass is 10.1. The number of thiophene rings is 1. The van der Waals surface area contributed by atoms with Crippen LogP contribution < -0.4 is 4.90 Å². The van der Waals surface area contributed by atoms with E-state index in [1.54, 1.807) is 6.33 Å². The Morgan fingerprint density at radius 1 is 0.960 bits per heavy atom. The summed E-state index contributed by atoms with van der Waals surface area (Å²) in [5, 5.41) is 1.94. The molecule has 0 bridgehead atoms. The molecule has 1 aliphatic rings. The second-order valence-electron chi connectivity index (χ2n) is 5.88. The summed E-state index contributed by atoms with van der Waals surface area (Å²) < 4.78 is 0. The molecule has 0 atom stereocenters. The van der Waals surface area contributed by atoms with E-state index in [-0.39, 0.29) is 5.91 Å². The van der Waals surface area contributed by atoms with Crippen molar-refractivity contribution in [3.05, 3.63) is 65.1 Å². The van der Waals surface area contributed by atoms with Crippen LogP contribution in [0.15, 0.2) is 60.2 Å². The van der Waals surface area contributed by atoms with Gasteiger partial charge < -0.3 is 9.80 Å². The third kappa shape index (κ3) is 3.39. The average Bonchev–Trinajstić information content (AvgIpc) is 3.23. The van der Waals surface area contributed by atoms with E-state index in [2.05, 4.69) is 14.9 Å². The van der Waals surface area contributed by atoms with Gasteiger partial charge in [-0.05, 0) is 11.4 Å². The molecular weight excluding hydrogens is 332 g/mol. The normalized spacial score (nSPS) is 14.6. The molecule has 3 heterocycles. The van der Waals surface area contributed by atoms with E-state index >= 15 is 0 Å². The van der Waals surface area contributed by atoms with Crippen LogP contribution in [0.4, 0.5) is 5.82 Å². The standard InChI is InChI=1S/C19H18N4OS/c24-19(17-7-4-12-25-17)23-10-8-22(9-11-23)18-13-16(20-14-21-18)15-5-2-1-3-6-15/h1-7,12-14H,8-11H2. The maximum atomic E-state index is 12.4. The maximum absolute atomic E-state index is 12.4. The first-order chi connectivity index (χ1) is 12.3. The Morgan fingerprint density at radius 2 is 1.76 bits per heavy atom. The van der Waals surface area contributed by atoms with Gasteiger partial charge >= 0.3 is 0 Å². The molecule has 1 fully saturated rings. The van der Waals surface area contributed by atoms with Crippen LogP contribution in [-0.2, 0) is 0 Å². The number of aromatic nitrogens is 2. The summed E-state index contributed by atoms with van der Waals surface area (Å²) in [6, 6.07) is 15.9. The molecule has 4 rings (SSSR count).